The van der Waals surface area contributed by atoms with Crippen LogP contribution in [0.5, 0.6) is 17.2 Å². The van der Waals surface area contributed by atoms with Crippen LogP contribution in [0.25, 0.3) is 0 Å². The number of benzene rings is 2. The number of halogens is 3. The van der Waals surface area contributed by atoms with E-state index in [1.54, 1.807) is 18.2 Å². The topological polar surface area (TPSA) is 56.8 Å². The zero-order valence-corrected chi connectivity index (χ0v) is 15.1. The Morgan fingerprint density at radius 1 is 1.00 bits per heavy atom. The summed E-state index contributed by atoms with van der Waals surface area (Å²) in [5, 5.41) is 3.46. The van der Waals surface area contributed by atoms with E-state index < -0.39 is 5.91 Å². The average molecular weight is 391 g/mol. The van der Waals surface area contributed by atoms with Gasteiger partial charge in [-0.25, -0.2) is 0 Å². The van der Waals surface area contributed by atoms with Crippen molar-refractivity contribution >= 4 is 46.4 Å². The third-order valence-electron chi connectivity index (χ3n) is 3.01. The second kappa shape index (κ2) is 8.33. The molecule has 2 rings (SSSR count). The maximum Gasteiger partial charge on any atom is 0.262 e. The van der Waals surface area contributed by atoms with Gasteiger partial charge in [-0.1, -0.05) is 40.9 Å². The zero-order chi connectivity index (χ0) is 17.7. The summed E-state index contributed by atoms with van der Waals surface area (Å²) >= 11 is 17.8. The molecule has 0 aliphatic rings. The quantitative estimate of drug-likeness (QED) is 0.728. The summed E-state index contributed by atoms with van der Waals surface area (Å²) in [6.45, 7) is -0.271. The van der Waals surface area contributed by atoms with Crippen LogP contribution < -0.4 is 19.5 Å². The SMILES string of the molecule is COc1cccc(OC)c1OCC(=O)Nc1cc(Cl)c(Cl)cc1Cl. The van der Waals surface area contributed by atoms with E-state index in [2.05, 4.69) is 5.32 Å². The van der Waals surface area contributed by atoms with Gasteiger partial charge in [0, 0.05) is 0 Å². The van der Waals surface area contributed by atoms with E-state index in [9.17, 15) is 4.79 Å². The van der Waals surface area contributed by atoms with E-state index >= 15 is 0 Å². The van der Waals surface area contributed by atoms with Crippen molar-refractivity contribution in [2.24, 2.45) is 0 Å². The van der Waals surface area contributed by atoms with Gasteiger partial charge in [-0.3, -0.25) is 4.79 Å². The van der Waals surface area contributed by atoms with Gasteiger partial charge in [0.15, 0.2) is 18.1 Å². The van der Waals surface area contributed by atoms with E-state index in [0.29, 0.717) is 28.0 Å². The first-order valence-corrected chi connectivity index (χ1v) is 7.87. The first kappa shape index (κ1) is 18.5. The van der Waals surface area contributed by atoms with Crippen molar-refractivity contribution < 1.29 is 19.0 Å². The van der Waals surface area contributed by atoms with E-state index in [4.69, 9.17) is 49.0 Å². The predicted molar refractivity (Wildman–Crippen MR) is 95.1 cm³/mol. The molecule has 0 spiro atoms. The molecule has 0 saturated carbocycles. The minimum absolute atomic E-state index is 0.271. The Balaban J connectivity index is 2.08. The molecule has 1 N–H and O–H groups in total. The Hall–Kier alpha value is -1.82. The molecule has 0 aliphatic carbocycles. The van der Waals surface area contributed by atoms with Gasteiger partial charge >= 0.3 is 0 Å². The number of rotatable bonds is 6. The van der Waals surface area contributed by atoms with Gasteiger partial charge in [0.1, 0.15) is 0 Å². The first-order chi connectivity index (χ1) is 11.5. The third-order valence-corrected chi connectivity index (χ3v) is 4.05. The van der Waals surface area contributed by atoms with E-state index in [1.165, 1.54) is 26.4 Å². The fourth-order valence-corrected chi connectivity index (χ4v) is 2.50. The molecule has 8 heteroatoms. The number of hydrogen-bond donors (Lipinski definition) is 1. The first-order valence-electron chi connectivity index (χ1n) is 6.74. The van der Waals surface area contributed by atoms with Crippen molar-refractivity contribution in [1.82, 2.24) is 0 Å². The molecule has 0 aromatic heterocycles. The van der Waals surface area contributed by atoms with Crippen molar-refractivity contribution in [2.75, 3.05) is 26.1 Å². The highest BCUT2D eigenvalue weighted by molar-refractivity contribution is 6.44. The number of hydrogen-bond acceptors (Lipinski definition) is 4. The molecule has 0 aliphatic heterocycles. The van der Waals surface area contributed by atoms with Gasteiger partial charge in [0.2, 0.25) is 5.75 Å². The summed E-state index contributed by atoms with van der Waals surface area (Å²) in [6, 6.07) is 8.07. The summed E-state index contributed by atoms with van der Waals surface area (Å²) < 4.78 is 15.9. The van der Waals surface area contributed by atoms with Crippen molar-refractivity contribution in [1.29, 1.82) is 0 Å². The van der Waals surface area contributed by atoms with Crippen LogP contribution in [-0.2, 0) is 4.79 Å². The zero-order valence-electron chi connectivity index (χ0n) is 12.9. The van der Waals surface area contributed by atoms with Gasteiger partial charge in [-0.05, 0) is 24.3 Å². The van der Waals surface area contributed by atoms with Gasteiger partial charge in [-0.2, -0.15) is 0 Å². The van der Waals surface area contributed by atoms with E-state index in [-0.39, 0.29) is 16.7 Å². The summed E-state index contributed by atoms with van der Waals surface area (Å²) in [6.07, 6.45) is 0. The van der Waals surface area contributed by atoms with Gasteiger partial charge in [0.25, 0.3) is 5.91 Å². The lowest BCUT2D eigenvalue weighted by atomic mass is 10.3. The fraction of sp³-hybridized carbons (Fsp3) is 0.188. The summed E-state index contributed by atoms with van der Waals surface area (Å²) in [7, 11) is 2.99. The van der Waals surface area contributed by atoms with Crippen molar-refractivity contribution in [3.8, 4) is 17.2 Å². The van der Waals surface area contributed by atoms with Crippen LogP contribution in [0.4, 0.5) is 5.69 Å². The van der Waals surface area contributed by atoms with Crippen LogP contribution in [0.3, 0.4) is 0 Å². The molecule has 0 bridgehead atoms. The minimum atomic E-state index is -0.428. The average Bonchev–Trinajstić information content (AvgIpc) is 2.57. The monoisotopic (exact) mass is 389 g/mol. The highest BCUT2D eigenvalue weighted by Gasteiger charge is 2.14. The van der Waals surface area contributed by atoms with Gasteiger partial charge in [0.05, 0.1) is 35.0 Å². The normalized spacial score (nSPS) is 10.2. The molecule has 0 radical (unpaired) electrons. The Kier molecular flexibility index (Phi) is 6.43. The van der Waals surface area contributed by atoms with Crippen LogP contribution >= 0.6 is 34.8 Å². The maximum absolute atomic E-state index is 12.1. The lowest BCUT2D eigenvalue weighted by Gasteiger charge is -2.14. The second-order valence-corrected chi connectivity index (χ2v) is 5.80. The second-order valence-electron chi connectivity index (χ2n) is 4.57. The minimum Gasteiger partial charge on any atom is -0.493 e. The number of amides is 1. The number of carbonyl (C=O) groups excluding carboxylic acids is 1. The molecular weight excluding hydrogens is 377 g/mol. The number of nitrogens with one attached hydrogen (secondary N) is 1. The Morgan fingerprint density at radius 2 is 1.58 bits per heavy atom. The van der Waals surface area contributed by atoms with Crippen molar-refractivity contribution in [2.45, 2.75) is 0 Å². The standard InChI is InChI=1S/C16H14Cl3NO4/c1-22-13-4-3-5-14(23-2)16(13)24-8-15(21)20-12-7-10(18)9(17)6-11(12)19/h3-7H,8H2,1-2H3,(H,20,21). The summed E-state index contributed by atoms with van der Waals surface area (Å²) in [5.74, 6) is 0.811. The predicted octanol–water partition coefficient (Wildman–Crippen LogP) is 4.68. The fourth-order valence-electron chi connectivity index (χ4n) is 1.90. The molecule has 5 nitrogen and oxygen atoms in total. The smallest absolute Gasteiger partial charge is 0.262 e. The molecule has 0 saturated heterocycles. The number of para-hydroxylation sites is 1. The maximum atomic E-state index is 12.1. The van der Waals surface area contributed by atoms with Crippen LogP contribution in [0.2, 0.25) is 15.1 Å². The number of anilines is 1. The molecule has 0 fully saturated rings. The van der Waals surface area contributed by atoms with Crippen LogP contribution in [-0.4, -0.2) is 26.7 Å². The summed E-state index contributed by atoms with van der Waals surface area (Å²) in [4.78, 5) is 12.1. The molecule has 1 amide bonds. The molecule has 0 atom stereocenters. The highest BCUT2D eigenvalue weighted by atomic mass is 35.5. The van der Waals surface area contributed by atoms with Crippen molar-refractivity contribution in [3.63, 3.8) is 0 Å². The Bertz CT molecular complexity index is 730. The Labute approximate surface area is 154 Å². The van der Waals surface area contributed by atoms with Gasteiger partial charge in [-0.15, -0.1) is 0 Å². The lowest BCUT2D eigenvalue weighted by molar-refractivity contribution is -0.118. The van der Waals surface area contributed by atoms with Crippen molar-refractivity contribution in [3.05, 3.63) is 45.4 Å². The molecule has 2 aromatic rings. The third kappa shape index (κ3) is 4.38. The molecule has 0 unspecified atom stereocenters. The number of carbonyl (C=O) groups is 1. The van der Waals surface area contributed by atoms with E-state index in [0.717, 1.165) is 0 Å². The largest absolute Gasteiger partial charge is 0.493 e. The molecule has 24 heavy (non-hydrogen) atoms. The number of methoxy groups -OCH3 is 2. The van der Waals surface area contributed by atoms with Crippen LogP contribution in [0.1, 0.15) is 0 Å². The lowest BCUT2D eigenvalue weighted by Crippen LogP contribution is -2.20. The molecular formula is C16H14Cl3NO4. The summed E-state index contributed by atoms with van der Waals surface area (Å²) in [5.41, 5.74) is 0.339. The van der Waals surface area contributed by atoms with E-state index in [1.807, 2.05) is 0 Å². The van der Waals surface area contributed by atoms with Crippen LogP contribution in [0.15, 0.2) is 30.3 Å². The van der Waals surface area contributed by atoms with Crippen LogP contribution in [0, 0.1) is 0 Å². The highest BCUT2D eigenvalue weighted by Crippen LogP contribution is 2.37. The van der Waals surface area contributed by atoms with Gasteiger partial charge < -0.3 is 19.5 Å². The number of ether oxygens (including phenoxy) is 3. The molecule has 2 aromatic carbocycles. The Morgan fingerprint density at radius 3 is 2.17 bits per heavy atom. The molecule has 128 valence electrons. The molecule has 0 heterocycles.